The van der Waals surface area contributed by atoms with Crippen LogP contribution in [0.1, 0.15) is 252 Å². The van der Waals surface area contributed by atoms with Gasteiger partial charge in [0.2, 0.25) is 0 Å². The minimum Gasteiger partial charge on any atom is -0.479 e. The van der Waals surface area contributed by atoms with Gasteiger partial charge >= 0.3 is 23.9 Å². The van der Waals surface area contributed by atoms with Gasteiger partial charge in [-0.2, -0.15) is 0 Å². The third-order valence-corrected chi connectivity index (χ3v) is 12.3. The van der Waals surface area contributed by atoms with Gasteiger partial charge in [0.15, 0.2) is 24.6 Å². The molecule has 0 radical (unpaired) electrons. The molecule has 1 fully saturated rings. The maximum absolute atomic E-state index is 13.0. The molecule has 0 aromatic carbocycles. The van der Waals surface area contributed by atoms with Crippen molar-refractivity contribution >= 4 is 23.9 Å². The zero-order valence-electron chi connectivity index (χ0n) is 41.5. The number of carboxylic acids is 1. The molecule has 1 aliphatic heterocycles. The summed E-state index contributed by atoms with van der Waals surface area (Å²) in [6, 6.07) is 0. The number of ether oxygens (including phenoxy) is 5. The fourth-order valence-electron chi connectivity index (χ4n) is 8.19. The first-order chi connectivity index (χ1) is 31.6. The van der Waals surface area contributed by atoms with Crippen molar-refractivity contribution in [3.05, 3.63) is 12.2 Å². The number of carboxylic acid groups (broad SMARTS) is 1. The number of esters is 3. The molecule has 0 bridgehead atoms. The van der Waals surface area contributed by atoms with Gasteiger partial charge in [0.05, 0.1) is 6.61 Å². The van der Waals surface area contributed by atoms with E-state index in [1.165, 1.54) is 122 Å². The number of carbonyl (C=O) groups is 4. The Kier molecular flexibility index (Phi) is 39.8. The van der Waals surface area contributed by atoms with E-state index in [4.69, 9.17) is 23.7 Å². The molecule has 6 atom stereocenters. The van der Waals surface area contributed by atoms with Crippen molar-refractivity contribution in [1.29, 1.82) is 0 Å². The summed E-state index contributed by atoms with van der Waals surface area (Å²) in [5, 5.41) is 31.2. The van der Waals surface area contributed by atoms with E-state index in [1.54, 1.807) is 0 Å². The van der Waals surface area contributed by atoms with Crippen molar-refractivity contribution in [2.45, 2.75) is 289 Å². The lowest BCUT2D eigenvalue weighted by Crippen LogP contribution is -2.61. The van der Waals surface area contributed by atoms with Gasteiger partial charge in [-0.15, -0.1) is 0 Å². The number of aliphatic carboxylic acids is 1. The van der Waals surface area contributed by atoms with Crippen molar-refractivity contribution in [2.75, 3.05) is 13.2 Å². The van der Waals surface area contributed by atoms with Gasteiger partial charge in [-0.25, -0.2) is 4.79 Å². The Labute approximate surface area is 395 Å². The lowest BCUT2D eigenvalue weighted by molar-refractivity contribution is -0.301. The maximum Gasteiger partial charge on any atom is 0.335 e. The van der Waals surface area contributed by atoms with Crippen LogP contribution in [0.5, 0.6) is 0 Å². The number of hydrogen-bond acceptors (Lipinski definition) is 11. The zero-order valence-corrected chi connectivity index (χ0v) is 41.5. The molecule has 65 heavy (non-hydrogen) atoms. The van der Waals surface area contributed by atoms with Gasteiger partial charge in [0, 0.05) is 19.3 Å². The van der Waals surface area contributed by atoms with Gasteiger partial charge < -0.3 is 39.0 Å². The van der Waals surface area contributed by atoms with Gasteiger partial charge in [-0.05, 0) is 44.9 Å². The second-order valence-corrected chi connectivity index (χ2v) is 18.5. The van der Waals surface area contributed by atoms with Gasteiger partial charge in [-0.1, -0.05) is 200 Å². The number of aliphatic hydroxyl groups is 2. The summed E-state index contributed by atoms with van der Waals surface area (Å²) in [6.45, 7) is 5.92. The number of hydrogen-bond donors (Lipinski definition) is 3. The summed E-state index contributed by atoms with van der Waals surface area (Å²) in [5.41, 5.74) is 0. The molecule has 3 N–H and O–H groups in total. The van der Waals surface area contributed by atoms with E-state index in [-0.39, 0.29) is 25.9 Å². The predicted molar refractivity (Wildman–Crippen MR) is 257 cm³/mol. The molecule has 0 amide bonds. The molecule has 0 aromatic rings. The molecular formula is C53H96O12. The molecule has 0 spiro atoms. The fraction of sp³-hybridized carbons (Fsp3) is 0.887. The van der Waals surface area contributed by atoms with Crippen LogP contribution < -0.4 is 0 Å². The molecular weight excluding hydrogens is 829 g/mol. The van der Waals surface area contributed by atoms with E-state index in [0.717, 1.165) is 70.6 Å². The summed E-state index contributed by atoms with van der Waals surface area (Å²) < 4.78 is 28.2. The Hall–Kier alpha value is -2.54. The van der Waals surface area contributed by atoms with Crippen LogP contribution in [0.2, 0.25) is 0 Å². The van der Waals surface area contributed by atoms with Gasteiger partial charge in [0.1, 0.15) is 18.8 Å². The molecule has 0 aromatic heterocycles. The van der Waals surface area contributed by atoms with Crippen molar-refractivity contribution in [1.82, 2.24) is 0 Å². The second kappa shape index (κ2) is 42.8. The summed E-state index contributed by atoms with van der Waals surface area (Å²) in [5.74, 6) is -3.10. The van der Waals surface area contributed by atoms with Crippen LogP contribution in [0.4, 0.5) is 0 Å². The van der Waals surface area contributed by atoms with Gasteiger partial charge in [0.25, 0.3) is 0 Å². The van der Waals surface area contributed by atoms with Crippen LogP contribution in [0, 0.1) is 0 Å². The van der Waals surface area contributed by atoms with Crippen molar-refractivity contribution in [2.24, 2.45) is 0 Å². The molecule has 12 nitrogen and oxygen atoms in total. The SMILES string of the molecule is CCCCCCCC/C=C\CCCCCCCCCC(=O)OCC(COC1OC(C(=O)O)C(O)C(O)C1OC(=O)CCCCCCCCCCC)OC(=O)CCCCCCCCCCC. The van der Waals surface area contributed by atoms with E-state index in [9.17, 15) is 34.5 Å². The topological polar surface area (TPSA) is 175 Å². The Balaban J connectivity index is 2.66. The summed E-state index contributed by atoms with van der Waals surface area (Å²) >= 11 is 0. The standard InChI is InChI=1S/C53H96O12/c1-4-7-10-13-16-19-20-21-22-23-24-25-26-29-30-33-36-39-45(54)61-42-44(63-46(55)40-37-34-31-27-17-14-11-8-5-2)43-62-53-51(49(58)48(57)50(65-53)52(59)60)64-47(56)41-38-35-32-28-18-15-12-9-6-3/h21-22,44,48-51,53,57-58H,4-20,23-43H2,1-3H3,(H,59,60)/b22-21-. The van der Waals surface area contributed by atoms with Gasteiger partial charge in [-0.3, -0.25) is 14.4 Å². The van der Waals surface area contributed by atoms with E-state index < -0.39 is 67.3 Å². The fourth-order valence-corrected chi connectivity index (χ4v) is 8.19. The normalized spacial score (nSPS) is 19.1. The number of allylic oxidation sites excluding steroid dienone is 2. The number of unbranched alkanes of at least 4 members (excludes halogenated alkanes) is 29. The Morgan fingerprint density at radius 1 is 0.492 bits per heavy atom. The highest BCUT2D eigenvalue weighted by molar-refractivity contribution is 5.74. The monoisotopic (exact) mass is 925 g/mol. The first-order valence-electron chi connectivity index (χ1n) is 26.7. The Bertz CT molecular complexity index is 1190. The minimum absolute atomic E-state index is 0.0660. The molecule has 0 saturated carbocycles. The van der Waals surface area contributed by atoms with Crippen LogP contribution >= 0.6 is 0 Å². The van der Waals surface area contributed by atoms with E-state index in [2.05, 4.69) is 32.9 Å². The lowest BCUT2D eigenvalue weighted by Gasteiger charge is -2.40. The van der Waals surface area contributed by atoms with Crippen LogP contribution in [0.25, 0.3) is 0 Å². The second-order valence-electron chi connectivity index (χ2n) is 18.5. The molecule has 0 aliphatic carbocycles. The quantitative estimate of drug-likeness (QED) is 0.0228. The highest BCUT2D eigenvalue weighted by Crippen LogP contribution is 2.26. The van der Waals surface area contributed by atoms with Crippen LogP contribution in [0.3, 0.4) is 0 Å². The molecule has 1 heterocycles. The van der Waals surface area contributed by atoms with Crippen molar-refractivity contribution in [3.8, 4) is 0 Å². The first kappa shape index (κ1) is 60.5. The molecule has 380 valence electrons. The smallest absolute Gasteiger partial charge is 0.335 e. The number of rotatable bonds is 45. The average molecular weight is 925 g/mol. The number of carbonyl (C=O) groups excluding carboxylic acids is 3. The molecule has 1 aliphatic rings. The zero-order chi connectivity index (χ0) is 47.6. The summed E-state index contributed by atoms with van der Waals surface area (Å²) in [4.78, 5) is 50.7. The third kappa shape index (κ3) is 33.6. The van der Waals surface area contributed by atoms with Crippen molar-refractivity contribution in [3.63, 3.8) is 0 Å². The van der Waals surface area contributed by atoms with E-state index in [0.29, 0.717) is 19.3 Å². The molecule has 12 heteroatoms. The van der Waals surface area contributed by atoms with Crippen LogP contribution in [-0.4, -0.2) is 89.2 Å². The highest BCUT2D eigenvalue weighted by Gasteiger charge is 2.50. The van der Waals surface area contributed by atoms with E-state index >= 15 is 0 Å². The maximum atomic E-state index is 13.0. The molecule has 6 unspecified atom stereocenters. The molecule has 1 saturated heterocycles. The summed E-state index contributed by atoms with van der Waals surface area (Å²) in [6.07, 6.45) is 32.2. The minimum atomic E-state index is -1.89. The predicted octanol–water partition coefficient (Wildman–Crippen LogP) is 12.6. The average Bonchev–Trinajstić information content (AvgIpc) is 3.29. The number of aliphatic hydroxyl groups excluding tert-OH is 2. The summed E-state index contributed by atoms with van der Waals surface area (Å²) in [7, 11) is 0. The highest BCUT2D eigenvalue weighted by atomic mass is 16.7. The van der Waals surface area contributed by atoms with Crippen LogP contribution in [-0.2, 0) is 42.9 Å². The largest absolute Gasteiger partial charge is 0.479 e. The third-order valence-electron chi connectivity index (χ3n) is 12.3. The Morgan fingerprint density at radius 3 is 1.31 bits per heavy atom. The Morgan fingerprint density at radius 2 is 0.877 bits per heavy atom. The van der Waals surface area contributed by atoms with E-state index in [1.807, 2.05) is 0 Å². The van der Waals surface area contributed by atoms with Crippen LogP contribution in [0.15, 0.2) is 12.2 Å². The lowest BCUT2D eigenvalue weighted by atomic mass is 9.98. The first-order valence-corrected chi connectivity index (χ1v) is 26.7. The molecule has 1 rings (SSSR count). The van der Waals surface area contributed by atoms with Crippen molar-refractivity contribution < 1.29 is 58.2 Å².